The second-order valence-corrected chi connectivity index (χ2v) is 24.4. The minimum absolute atomic E-state index is 0.143. The summed E-state index contributed by atoms with van der Waals surface area (Å²) in [5.74, 6) is 0.349. The summed E-state index contributed by atoms with van der Waals surface area (Å²) in [7, 11) is 0. The molecule has 0 radical (unpaired) electrons. The van der Waals surface area contributed by atoms with Gasteiger partial charge in [-0.2, -0.15) is 0 Å². The highest BCUT2D eigenvalue weighted by atomic mass is 19.1. The molecule has 0 fully saturated rings. The third-order valence-corrected chi connectivity index (χ3v) is 15.9. The quantitative estimate of drug-likeness (QED) is 0.0204. The van der Waals surface area contributed by atoms with Gasteiger partial charge in [0.15, 0.2) is 34.7 Å². The van der Waals surface area contributed by atoms with Gasteiger partial charge in [0.2, 0.25) is 0 Å². The number of halogens is 3. The first kappa shape index (κ1) is 81.7. The Labute approximate surface area is 579 Å². The Morgan fingerprint density at radius 3 is 0.639 bits per heavy atom. The SMILES string of the molecule is CCCCCCCCCOc1ccc(OC(=O)c2ccc(OCCCCCCC)c(F)c2)cc1.CCCCCCCOc1ccc(C(=O)Oc2ccc(OCCCCCC)cc2)cc1F.CCCCCCCOc1ccc(OC(=O)c2ccc(OCCCCCCC)c(F)c2)cc1. The molecule has 0 atom stereocenters. The Kier molecular flexibility index (Phi) is 44.2. The fourth-order valence-corrected chi connectivity index (χ4v) is 10.1. The van der Waals surface area contributed by atoms with Gasteiger partial charge >= 0.3 is 17.9 Å². The van der Waals surface area contributed by atoms with Crippen LogP contribution in [0.2, 0.25) is 0 Å². The molecule has 0 saturated heterocycles. The maximum Gasteiger partial charge on any atom is 0.343 e. The molecule has 0 heterocycles. The Morgan fingerprint density at radius 2 is 0.423 bits per heavy atom. The predicted octanol–water partition coefficient (Wildman–Crippen LogP) is 23.6. The van der Waals surface area contributed by atoms with Gasteiger partial charge in [0.1, 0.15) is 34.5 Å². The van der Waals surface area contributed by atoms with Crippen LogP contribution in [0.4, 0.5) is 13.2 Å². The molecular weight excluding hydrogens is 1230 g/mol. The van der Waals surface area contributed by atoms with Crippen molar-refractivity contribution >= 4 is 17.9 Å². The van der Waals surface area contributed by atoms with E-state index in [4.69, 9.17) is 42.6 Å². The van der Waals surface area contributed by atoms with E-state index >= 15 is 0 Å². The summed E-state index contributed by atoms with van der Waals surface area (Å²) >= 11 is 0. The second-order valence-electron chi connectivity index (χ2n) is 24.4. The van der Waals surface area contributed by atoms with Crippen molar-refractivity contribution in [1.29, 1.82) is 0 Å². The van der Waals surface area contributed by atoms with Crippen molar-refractivity contribution in [2.45, 2.75) is 241 Å². The Bertz CT molecular complexity index is 3030. The molecule has 0 amide bonds. The molecule has 6 aromatic carbocycles. The van der Waals surface area contributed by atoms with Crippen molar-refractivity contribution in [2.75, 3.05) is 39.6 Å². The number of hydrogen-bond donors (Lipinski definition) is 0. The molecule has 0 unspecified atom stereocenters. The number of ether oxygens (including phenoxy) is 9. The number of unbranched alkanes of at least 4 members (excludes halogenated alkanes) is 25. The fraction of sp³-hybridized carbons (Fsp3) is 0.524. The summed E-state index contributed by atoms with van der Waals surface area (Å²) in [6.45, 7) is 16.5. The lowest BCUT2D eigenvalue weighted by molar-refractivity contribution is 0.0724. The summed E-state index contributed by atoms with van der Waals surface area (Å²) in [6, 6.07) is 33.2. The predicted molar refractivity (Wildman–Crippen MR) is 384 cm³/mol. The van der Waals surface area contributed by atoms with E-state index in [-0.39, 0.29) is 33.9 Å². The standard InChI is InChI=1S/C29H41FO4.C27H37FO4.C26H35FO4/c1-3-5-7-9-10-12-13-21-32-25-16-18-26(19-17-25)34-29(31)24-15-20-28(27(30)23-24)33-22-14-11-8-6-4-2;1-3-5-7-9-11-19-30-23-14-16-24(17-15-23)32-27(29)22-13-18-26(25(28)21-22)31-20-12-10-8-6-4-2;1-3-5-7-9-11-19-30-25-17-12-21(20-24(25)27)26(28)31-23-15-13-22(14-16-23)29-18-10-8-6-4-2/h15-20,23H,3-14,21-22H2,1-2H3;13-18,21H,3-12,19-20H2,1-2H3;12-17,20H,3-11,18-19H2,1-2H3. The third-order valence-electron chi connectivity index (χ3n) is 15.9. The first-order valence-electron chi connectivity index (χ1n) is 36.5. The molecule has 534 valence electrons. The highest BCUT2D eigenvalue weighted by molar-refractivity contribution is 5.92. The van der Waals surface area contributed by atoms with E-state index in [1.807, 2.05) is 0 Å². The van der Waals surface area contributed by atoms with Gasteiger partial charge in [-0.3, -0.25) is 0 Å². The minimum Gasteiger partial charge on any atom is -0.494 e. The number of hydrogen-bond acceptors (Lipinski definition) is 12. The van der Waals surface area contributed by atoms with Crippen LogP contribution in [-0.2, 0) is 0 Å². The molecule has 0 aliphatic heterocycles. The van der Waals surface area contributed by atoms with Gasteiger partial charge in [-0.05, 0) is 166 Å². The van der Waals surface area contributed by atoms with Crippen LogP contribution < -0.4 is 42.6 Å². The number of esters is 3. The Morgan fingerprint density at radius 1 is 0.237 bits per heavy atom. The first-order valence-corrected chi connectivity index (χ1v) is 36.5. The van der Waals surface area contributed by atoms with Crippen molar-refractivity contribution in [1.82, 2.24) is 0 Å². The average molecular weight is 1350 g/mol. The zero-order valence-corrected chi connectivity index (χ0v) is 59.3. The van der Waals surface area contributed by atoms with E-state index in [0.29, 0.717) is 56.9 Å². The molecule has 12 nitrogen and oxygen atoms in total. The molecule has 0 bridgehead atoms. The third kappa shape index (κ3) is 36.5. The fourth-order valence-electron chi connectivity index (χ4n) is 10.1. The number of carbonyl (C=O) groups excluding carboxylic acids is 3. The van der Waals surface area contributed by atoms with Gasteiger partial charge < -0.3 is 42.6 Å². The van der Waals surface area contributed by atoms with Crippen LogP contribution in [0.5, 0.6) is 51.7 Å². The Hall–Kier alpha value is -7.68. The number of rotatable bonds is 49. The van der Waals surface area contributed by atoms with E-state index in [1.54, 1.807) is 72.8 Å². The number of carbonyl (C=O) groups is 3. The van der Waals surface area contributed by atoms with Gasteiger partial charge in [0.05, 0.1) is 56.3 Å². The van der Waals surface area contributed by atoms with Crippen molar-refractivity contribution in [3.05, 3.63) is 162 Å². The minimum atomic E-state index is -0.613. The summed E-state index contributed by atoms with van der Waals surface area (Å²) in [5.41, 5.74) is 0.432. The van der Waals surface area contributed by atoms with Crippen LogP contribution in [-0.4, -0.2) is 57.5 Å². The summed E-state index contributed by atoms with van der Waals surface area (Å²) in [4.78, 5) is 37.1. The maximum atomic E-state index is 14.3. The summed E-state index contributed by atoms with van der Waals surface area (Å²) in [5, 5.41) is 0. The van der Waals surface area contributed by atoms with Gasteiger partial charge in [0, 0.05) is 0 Å². The normalized spacial score (nSPS) is 10.7. The van der Waals surface area contributed by atoms with Crippen LogP contribution in [0.25, 0.3) is 0 Å². The molecular formula is C82H113F3O12. The molecule has 6 aromatic rings. The van der Waals surface area contributed by atoms with E-state index in [2.05, 4.69) is 41.5 Å². The van der Waals surface area contributed by atoms with Gasteiger partial charge in [-0.1, -0.05) is 202 Å². The topological polar surface area (TPSA) is 134 Å². The van der Waals surface area contributed by atoms with Crippen LogP contribution >= 0.6 is 0 Å². The van der Waals surface area contributed by atoms with E-state index < -0.39 is 35.4 Å². The molecule has 6 rings (SSSR count). The van der Waals surface area contributed by atoms with Crippen LogP contribution in [0.15, 0.2) is 127 Å². The molecule has 0 aromatic heterocycles. The molecule has 15 heteroatoms. The monoisotopic (exact) mass is 1350 g/mol. The molecule has 0 aliphatic rings. The van der Waals surface area contributed by atoms with E-state index in [9.17, 15) is 27.6 Å². The zero-order valence-electron chi connectivity index (χ0n) is 59.3. The lowest BCUT2D eigenvalue weighted by Crippen LogP contribution is -2.09. The highest BCUT2D eigenvalue weighted by Gasteiger charge is 2.17. The van der Waals surface area contributed by atoms with Gasteiger partial charge in [-0.15, -0.1) is 0 Å². The second kappa shape index (κ2) is 52.4. The van der Waals surface area contributed by atoms with Gasteiger partial charge in [0.25, 0.3) is 0 Å². The van der Waals surface area contributed by atoms with Crippen molar-refractivity contribution in [3.8, 4) is 51.7 Å². The molecule has 0 saturated carbocycles. The van der Waals surface area contributed by atoms with Crippen LogP contribution in [0.1, 0.15) is 272 Å². The molecule has 0 aliphatic carbocycles. The van der Waals surface area contributed by atoms with Crippen molar-refractivity contribution in [2.24, 2.45) is 0 Å². The largest absolute Gasteiger partial charge is 0.494 e. The zero-order chi connectivity index (χ0) is 69.8. The van der Waals surface area contributed by atoms with E-state index in [0.717, 1.165) is 99.7 Å². The van der Waals surface area contributed by atoms with Crippen LogP contribution in [0, 0.1) is 17.5 Å². The van der Waals surface area contributed by atoms with Crippen LogP contribution in [0.3, 0.4) is 0 Å². The first-order chi connectivity index (χ1) is 47.4. The highest BCUT2D eigenvalue weighted by Crippen LogP contribution is 2.27. The molecule has 0 N–H and O–H groups in total. The van der Waals surface area contributed by atoms with E-state index in [1.165, 1.54) is 171 Å². The lowest BCUT2D eigenvalue weighted by Gasteiger charge is -2.10. The maximum absolute atomic E-state index is 14.3. The summed E-state index contributed by atoms with van der Waals surface area (Å²) < 4.78 is 92.7. The molecule has 0 spiro atoms. The van der Waals surface area contributed by atoms with Crippen molar-refractivity contribution in [3.63, 3.8) is 0 Å². The smallest absolute Gasteiger partial charge is 0.343 e. The van der Waals surface area contributed by atoms with Gasteiger partial charge in [-0.25, -0.2) is 27.6 Å². The lowest BCUT2D eigenvalue weighted by atomic mass is 10.1. The Balaban J connectivity index is 0.000000310. The molecule has 97 heavy (non-hydrogen) atoms. The van der Waals surface area contributed by atoms with Crippen molar-refractivity contribution < 1.29 is 70.2 Å². The average Bonchev–Trinajstić information content (AvgIpc) is 1.06. The summed E-state index contributed by atoms with van der Waals surface area (Å²) in [6.07, 6.45) is 35.8. The number of benzene rings is 6.